The Morgan fingerprint density at radius 1 is 0.917 bits per heavy atom. The Morgan fingerprint density at radius 2 is 1.62 bits per heavy atom. The summed E-state index contributed by atoms with van der Waals surface area (Å²) in [4.78, 5) is 29.2. The number of aromatic hydroxyl groups is 1. The van der Waals surface area contributed by atoms with Crippen LogP contribution in [0.2, 0.25) is 6.32 Å². The fourth-order valence-electron chi connectivity index (χ4n) is 7.87. The zero-order valence-corrected chi connectivity index (χ0v) is 26.9. The average Bonchev–Trinajstić information content (AvgIpc) is 3.36. The summed E-state index contributed by atoms with van der Waals surface area (Å²) in [6.45, 7) is 1.86. The van der Waals surface area contributed by atoms with E-state index < -0.39 is 31.0 Å². The molecular formula is C39H39BN2O6. The molecule has 0 bridgehead atoms. The summed E-state index contributed by atoms with van der Waals surface area (Å²) in [6.07, 6.45) is 4.16. The maximum atomic E-state index is 14.1. The van der Waals surface area contributed by atoms with Crippen LogP contribution in [0.3, 0.4) is 0 Å². The highest BCUT2D eigenvalue weighted by Crippen LogP contribution is 2.51. The number of carbonyl (C=O) groups is 2. The summed E-state index contributed by atoms with van der Waals surface area (Å²) >= 11 is 0. The highest BCUT2D eigenvalue weighted by atomic mass is 16.5. The average molecular weight is 643 g/mol. The topological polar surface area (TPSA) is 119 Å². The largest absolute Gasteiger partial charge is 0.507 e. The molecule has 0 spiro atoms. The highest BCUT2D eigenvalue weighted by molar-refractivity contribution is 6.43. The second-order valence-electron chi connectivity index (χ2n) is 12.9. The van der Waals surface area contributed by atoms with Gasteiger partial charge in [0.2, 0.25) is 11.8 Å². The van der Waals surface area contributed by atoms with Crippen LogP contribution < -0.4 is 10.2 Å². The fraction of sp³-hybridized carbons (Fsp3) is 0.282. The number of nitrogens with one attached hydrogen (secondary N) is 1. The Hall–Kier alpha value is -4.70. The van der Waals surface area contributed by atoms with Gasteiger partial charge in [0.1, 0.15) is 5.75 Å². The fourth-order valence-corrected chi connectivity index (χ4v) is 7.87. The van der Waals surface area contributed by atoms with Crippen LogP contribution in [0.15, 0.2) is 108 Å². The van der Waals surface area contributed by atoms with Crippen LogP contribution in [0, 0.1) is 17.8 Å². The number of aliphatic hydroxyl groups is 1. The second-order valence-corrected chi connectivity index (χ2v) is 12.9. The number of hydrogen-bond acceptors (Lipinski definition) is 7. The number of allylic oxidation sites excluding steroid dienone is 1. The molecule has 4 N–H and O–H groups in total. The van der Waals surface area contributed by atoms with Crippen molar-refractivity contribution in [1.29, 1.82) is 0 Å². The van der Waals surface area contributed by atoms with E-state index in [0.717, 1.165) is 45.3 Å². The van der Waals surface area contributed by atoms with Gasteiger partial charge in [-0.2, -0.15) is 0 Å². The van der Waals surface area contributed by atoms with Gasteiger partial charge in [0, 0.05) is 16.8 Å². The number of fused-ring (bicyclic) bond motifs is 4. The molecule has 3 aliphatic rings. The molecule has 2 heterocycles. The van der Waals surface area contributed by atoms with Crippen molar-refractivity contribution >= 4 is 52.8 Å². The third kappa shape index (κ3) is 5.94. The van der Waals surface area contributed by atoms with Crippen molar-refractivity contribution in [3.8, 4) is 5.75 Å². The lowest BCUT2D eigenvalue weighted by molar-refractivity contribution is -0.122. The lowest BCUT2D eigenvalue weighted by Gasteiger charge is -2.43. The molecule has 244 valence electrons. The van der Waals surface area contributed by atoms with Gasteiger partial charge >= 0.3 is 7.12 Å². The van der Waals surface area contributed by atoms with Crippen LogP contribution in [0.4, 0.5) is 17.1 Å². The first-order valence-electron chi connectivity index (χ1n) is 16.7. The number of amides is 2. The zero-order chi connectivity index (χ0) is 33.4. The number of imide groups is 1. The number of phenols is 1. The summed E-state index contributed by atoms with van der Waals surface area (Å²) in [5.41, 5.74) is 6.06. The second kappa shape index (κ2) is 13.4. The minimum Gasteiger partial charge on any atom is -0.507 e. The van der Waals surface area contributed by atoms with Gasteiger partial charge in [-0.25, -0.2) is 0 Å². The molecule has 0 unspecified atom stereocenters. The van der Waals surface area contributed by atoms with Gasteiger partial charge in [0.05, 0.1) is 30.2 Å². The number of hydrogen-bond donors (Lipinski definition) is 4. The van der Waals surface area contributed by atoms with E-state index in [-0.39, 0.29) is 36.9 Å². The third-order valence-electron chi connectivity index (χ3n) is 10.2. The summed E-state index contributed by atoms with van der Waals surface area (Å²) in [5, 5.41) is 36.9. The van der Waals surface area contributed by atoms with Crippen LogP contribution in [0.25, 0.3) is 16.8 Å². The smallest absolute Gasteiger partial charge is 0.455 e. The number of anilines is 3. The van der Waals surface area contributed by atoms with E-state index >= 15 is 0 Å². The van der Waals surface area contributed by atoms with Gasteiger partial charge in [0.15, 0.2) is 0 Å². The van der Waals surface area contributed by atoms with E-state index in [1.54, 1.807) is 18.2 Å². The van der Waals surface area contributed by atoms with Gasteiger partial charge in [0.25, 0.3) is 0 Å². The van der Waals surface area contributed by atoms with E-state index in [4.69, 9.17) is 4.65 Å². The first-order chi connectivity index (χ1) is 23.4. The van der Waals surface area contributed by atoms with Crippen molar-refractivity contribution in [3.05, 3.63) is 113 Å². The Bertz CT molecular complexity index is 1910. The van der Waals surface area contributed by atoms with E-state index in [1.807, 2.05) is 72.8 Å². The molecule has 0 aromatic heterocycles. The minimum atomic E-state index is -1.09. The summed E-state index contributed by atoms with van der Waals surface area (Å²) in [6, 6.07) is 28.4. The molecule has 4 atom stereocenters. The Balaban J connectivity index is 1.12. The molecule has 4 aromatic rings. The first-order valence-corrected chi connectivity index (χ1v) is 16.7. The molecule has 2 fully saturated rings. The molecule has 2 saturated heterocycles. The molecule has 2 amide bonds. The van der Waals surface area contributed by atoms with Gasteiger partial charge in [-0.3, -0.25) is 14.5 Å². The van der Waals surface area contributed by atoms with Crippen molar-refractivity contribution in [2.45, 2.75) is 45.0 Å². The molecule has 1 aliphatic carbocycles. The molecular weight excluding hydrogens is 603 g/mol. The number of carbonyl (C=O) groups excluding carboxylic acids is 2. The minimum absolute atomic E-state index is 0.194. The van der Waals surface area contributed by atoms with Crippen molar-refractivity contribution < 1.29 is 29.5 Å². The Kier molecular flexibility index (Phi) is 8.92. The van der Waals surface area contributed by atoms with Crippen LogP contribution in [-0.4, -0.2) is 46.9 Å². The highest BCUT2D eigenvalue weighted by Gasteiger charge is 2.57. The predicted octanol–water partition coefficient (Wildman–Crippen LogP) is 6.86. The molecule has 4 aromatic carbocycles. The monoisotopic (exact) mass is 642 g/mol. The number of phenolic OH excluding ortho intramolecular Hbond substituents is 1. The number of benzene rings is 4. The van der Waals surface area contributed by atoms with Crippen LogP contribution >= 0.6 is 0 Å². The molecule has 0 radical (unpaired) electrons. The standard InChI is InChI=1S/C39H39BN2O6/c1-2-24(20-25-13-18-34(44)31-11-7-6-10-30(25)31)12-19-35-36-26(23-43)21-32-37(33(36)22-40(47)48-35)39(46)42(38(32)45)29-16-14-28(15-17-29)41-27-8-4-3-5-9-27/h3-11,13-18,20,32-33,35,37,41,43-44,47H,2,12,19,21-23H2,1H3/b24-20+/t32-,33+,35-,37-/m1/s1. The normalized spacial score (nSPS) is 22.7. The molecule has 7 rings (SSSR count). The van der Waals surface area contributed by atoms with E-state index in [1.165, 1.54) is 10.5 Å². The van der Waals surface area contributed by atoms with Crippen LogP contribution in [0.5, 0.6) is 5.75 Å². The van der Waals surface area contributed by atoms with Crippen molar-refractivity contribution in [2.24, 2.45) is 17.8 Å². The number of aliphatic hydroxyl groups excluding tert-OH is 1. The van der Waals surface area contributed by atoms with Crippen LogP contribution in [-0.2, 0) is 14.2 Å². The molecule has 8 nitrogen and oxygen atoms in total. The lowest BCUT2D eigenvalue weighted by Crippen LogP contribution is -2.46. The first kappa shape index (κ1) is 31.9. The zero-order valence-electron chi connectivity index (χ0n) is 26.9. The van der Waals surface area contributed by atoms with E-state index in [2.05, 4.69) is 18.3 Å². The van der Waals surface area contributed by atoms with Crippen molar-refractivity contribution in [3.63, 3.8) is 0 Å². The SMILES string of the molecule is CC/C(=C\c1ccc(O)c2ccccc12)CC[C@H]1OB(O)C[C@H]2C1=C(CO)C[C@H]1C(=O)N(c3ccc(Nc4ccccc4)cc3)C(=O)[C@H]12. The number of para-hydroxylation sites is 1. The summed E-state index contributed by atoms with van der Waals surface area (Å²) in [7, 11) is -1.09. The summed E-state index contributed by atoms with van der Waals surface area (Å²) < 4.78 is 6.11. The number of rotatable bonds is 9. The third-order valence-corrected chi connectivity index (χ3v) is 10.2. The molecule has 2 aliphatic heterocycles. The van der Waals surface area contributed by atoms with Gasteiger partial charge in [-0.05, 0) is 102 Å². The van der Waals surface area contributed by atoms with Crippen molar-refractivity contribution in [1.82, 2.24) is 0 Å². The Morgan fingerprint density at radius 3 is 2.35 bits per heavy atom. The number of nitrogens with zero attached hydrogens (tertiary/aromatic N) is 1. The van der Waals surface area contributed by atoms with E-state index in [0.29, 0.717) is 18.5 Å². The Labute approximate surface area is 280 Å². The van der Waals surface area contributed by atoms with Crippen LogP contribution in [0.1, 0.15) is 38.2 Å². The van der Waals surface area contributed by atoms with Gasteiger partial charge in [-0.1, -0.05) is 67.1 Å². The molecule has 0 saturated carbocycles. The molecule has 48 heavy (non-hydrogen) atoms. The van der Waals surface area contributed by atoms with Gasteiger partial charge < -0.3 is 25.2 Å². The lowest BCUT2D eigenvalue weighted by atomic mass is 9.58. The van der Waals surface area contributed by atoms with E-state index in [9.17, 15) is 24.8 Å². The molecule has 9 heteroatoms. The predicted molar refractivity (Wildman–Crippen MR) is 189 cm³/mol. The quantitative estimate of drug-likeness (QED) is 0.0895. The van der Waals surface area contributed by atoms with Crippen molar-refractivity contribution in [2.75, 3.05) is 16.8 Å². The maximum absolute atomic E-state index is 14.1. The summed E-state index contributed by atoms with van der Waals surface area (Å²) in [5.74, 6) is -1.93. The van der Waals surface area contributed by atoms with Gasteiger partial charge in [-0.15, -0.1) is 0 Å². The maximum Gasteiger partial charge on any atom is 0.455 e.